The van der Waals surface area contributed by atoms with E-state index in [-0.39, 0.29) is 5.91 Å². The van der Waals surface area contributed by atoms with Gasteiger partial charge in [0.1, 0.15) is 0 Å². The molecule has 132 valence electrons. The predicted molar refractivity (Wildman–Crippen MR) is 103 cm³/mol. The number of benzene rings is 1. The number of nitrogens with one attached hydrogen (secondary N) is 2. The van der Waals surface area contributed by atoms with Crippen LogP contribution in [0.1, 0.15) is 41.4 Å². The smallest absolute Gasteiger partial charge is 0.257 e. The Morgan fingerprint density at radius 2 is 2.00 bits per heavy atom. The summed E-state index contributed by atoms with van der Waals surface area (Å²) in [7, 11) is 0. The van der Waals surface area contributed by atoms with E-state index in [2.05, 4.69) is 46.5 Å². The predicted octanol–water partition coefficient (Wildman–Crippen LogP) is 3.18. The van der Waals surface area contributed by atoms with Crippen molar-refractivity contribution in [2.24, 2.45) is 0 Å². The lowest BCUT2D eigenvalue weighted by molar-refractivity contribution is 0.102. The van der Waals surface area contributed by atoms with Crippen LogP contribution in [0.5, 0.6) is 0 Å². The number of anilines is 2. The summed E-state index contributed by atoms with van der Waals surface area (Å²) >= 11 is 0. The summed E-state index contributed by atoms with van der Waals surface area (Å²) in [5.41, 5.74) is 4.59. The maximum absolute atomic E-state index is 12.7. The van der Waals surface area contributed by atoms with E-state index < -0.39 is 0 Å². The van der Waals surface area contributed by atoms with Crippen molar-refractivity contribution in [1.29, 1.82) is 0 Å². The fourth-order valence-corrected chi connectivity index (χ4v) is 3.09. The minimum absolute atomic E-state index is 0.112. The first-order chi connectivity index (χ1) is 12.1. The summed E-state index contributed by atoms with van der Waals surface area (Å²) in [6.07, 6.45) is 1.70. The van der Waals surface area contributed by atoms with Crippen LogP contribution in [0.15, 0.2) is 36.5 Å². The second-order valence-electron chi connectivity index (χ2n) is 6.76. The van der Waals surface area contributed by atoms with E-state index in [9.17, 15) is 4.79 Å². The molecule has 0 spiro atoms. The number of piperazine rings is 1. The number of carbonyl (C=O) groups is 1. The molecule has 1 amide bonds. The van der Waals surface area contributed by atoms with Gasteiger partial charge in [0.2, 0.25) is 0 Å². The fraction of sp³-hybridized carbons (Fsp3) is 0.400. The molecule has 5 heteroatoms. The summed E-state index contributed by atoms with van der Waals surface area (Å²) < 4.78 is 0. The zero-order chi connectivity index (χ0) is 17.8. The summed E-state index contributed by atoms with van der Waals surface area (Å²) in [6, 6.07) is 9.94. The van der Waals surface area contributed by atoms with E-state index >= 15 is 0 Å². The third kappa shape index (κ3) is 3.99. The van der Waals surface area contributed by atoms with E-state index in [0.29, 0.717) is 11.5 Å². The molecule has 1 aliphatic heterocycles. The average molecular weight is 338 g/mol. The molecule has 2 aromatic rings. The zero-order valence-electron chi connectivity index (χ0n) is 15.2. The van der Waals surface area contributed by atoms with Gasteiger partial charge in [-0.15, -0.1) is 0 Å². The number of nitrogens with zero attached hydrogens (tertiary/aromatic N) is 2. The highest BCUT2D eigenvalue weighted by atomic mass is 16.1. The van der Waals surface area contributed by atoms with Crippen molar-refractivity contribution in [3.8, 4) is 0 Å². The number of hydrogen-bond donors (Lipinski definition) is 2. The number of carbonyl (C=O) groups excluding carboxylic acids is 1. The molecule has 0 atom stereocenters. The molecule has 1 aromatic heterocycles. The number of amides is 1. The molecule has 1 saturated heterocycles. The molecule has 1 fully saturated rings. The summed E-state index contributed by atoms with van der Waals surface area (Å²) in [5, 5.41) is 6.47. The molecule has 1 aliphatic rings. The number of hydrogen-bond acceptors (Lipinski definition) is 4. The molecule has 0 unspecified atom stereocenters. The molecule has 0 radical (unpaired) electrons. The second kappa shape index (κ2) is 7.66. The van der Waals surface area contributed by atoms with Gasteiger partial charge in [-0.1, -0.05) is 19.9 Å². The van der Waals surface area contributed by atoms with Gasteiger partial charge < -0.3 is 15.5 Å². The fourth-order valence-electron chi connectivity index (χ4n) is 3.09. The molecule has 25 heavy (non-hydrogen) atoms. The van der Waals surface area contributed by atoms with Gasteiger partial charge in [0, 0.05) is 38.1 Å². The van der Waals surface area contributed by atoms with Crippen molar-refractivity contribution in [2.75, 3.05) is 36.4 Å². The van der Waals surface area contributed by atoms with Gasteiger partial charge in [-0.25, -0.2) is 0 Å². The molecule has 2 N–H and O–H groups in total. The number of aromatic nitrogens is 1. The summed E-state index contributed by atoms with van der Waals surface area (Å²) in [4.78, 5) is 19.3. The Labute approximate surface area is 149 Å². The highest BCUT2D eigenvalue weighted by Gasteiger charge is 2.18. The first kappa shape index (κ1) is 17.4. The molecule has 0 aliphatic carbocycles. The van der Waals surface area contributed by atoms with Crippen molar-refractivity contribution in [3.63, 3.8) is 0 Å². The first-order valence-electron chi connectivity index (χ1n) is 8.89. The van der Waals surface area contributed by atoms with Gasteiger partial charge in [0.25, 0.3) is 5.91 Å². The highest BCUT2D eigenvalue weighted by molar-refractivity contribution is 6.06. The van der Waals surface area contributed by atoms with Gasteiger partial charge in [-0.2, -0.15) is 0 Å². The molecular formula is C20H26N4O. The van der Waals surface area contributed by atoms with Gasteiger partial charge in [0.05, 0.1) is 16.9 Å². The Kier molecular flexibility index (Phi) is 5.34. The Balaban J connectivity index is 1.91. The maximum atomic E-state index is 12.7. The molecule has 0 bridgehead atoms. The maximum Gasteiger partial charge on any atom is 0.257 e. The lowest BCUT2D eigenvalue weighted by atomic mass is 10.0. The van der Waals surface area contributed by atoms with E-state index in [0.717, 1.165) is 43.2 Å². The van der Waals surface area contributed by atoms with Crippen molar-refractivity contribution in [2.45, 2.75) is 26.7 Å². The first-order valence-corrected chi connectivity index (χ1v) is 8.89. The van der Waals surface area contributed by atoms with Crippen LogP contribution in [0.25, 0.3) is 0 Å². The molecule has 3 rings (SSSR count). The van der Waals surface area contributed by atoms with Crippen LogP contribution in [0.3, 0.4) is 0 Å². The van der Waals surface area contributed by atoms with E-state index in [1.54, 1.807) is 12.3 Å². The van der Waals surface area contributed by atoms with Crippen LogP contribution in [-0.4, -0.2) is 37.1 Å². The third-order valence-electron chi connectivity index (χ3n) is 4.65. The molecule has 0 saturated carbocycles. The quantitative estimate of drug-likeness (QED) is 0.899. The summed E-state index contributed by atoms with van der Waals surface area (Å²) in [6.45, 7) is 10.0. The topological polar surface area (TPSA) is 57.3 Å². The van der Waals surface area contributed by atoms with Crippen molar-refractivity contribution >= 4 is 17.3 Å². The Morgan fingerprint density at radius 1 is 1.24 bits per heavy atom. The van der Waals surface area contributed by atoms with Crippen LogP contribution in [0.4, 0.5) is 11.4 Å². The molecule has 5 nitrogen and oxygen atoms in total. The number of rotatable bonds is 4. The summed E-state index contributed by atoms with van der Waals surface area (Å²) in [5.74, 6) is 0.339. The minimum Gasteiger partial charge on any atom is -0.367 e. The third-order valence-corrected chi connectivity index (χ3v) is 4.65. The van der Waals surface area contributed by atoms with E-state index in [4.69, 9.17) is 0 Å². The SMILES string of the molecule is Cc1ncccc1C(=O)Nc1ccc(C(C)C)cc1N1CCNCC1. The van der Waals surface area contributed by atoms with Crippen LogP contribution < -0.4 is 15.5 Å². The van der Waals surface area contributed by atoms with Gasteiger partial charge in [-0.3, -0.25) is 9.78 Å². The highest BCUT2D eigenvalue weighted by Crippen LogP contribution is 2.31. The molecule has 1 aromatic carbocycles. The van der Waals surface area contributed by atoms with E-state index in [1.807, 2.05) is 19.1 Å². The lowest BCUT2D eigenvalue weighted by Crippen LogP contribution is -2.43. The van der Waals surface area contributed by atoms with Crippen molar-refractivity contribution < 1.29 is 4.79 Å². The average Bonchev–Trinajstić information content (AvgIpc) is 2.63. The van der Waals surface area contributed by atoms with E-state index in [1.165, 1.54) is 5.56 Å². The van der Waals surface area contributed by atoms with Crippen LogP contribution in [0.2, 0.25) is 0 Å². The lowest BCUT2D eigenvalue weighted by Gasteiger charge is -2.31. The minimum atomic E-state index is -0.112. The number of aryl methyl sites for hydroxylation is 1. The Hall–Kier alpha value is -2.40. The van der Waals surface area contributed by atoms with Crippen LogP contribution >= 0.6 is 0 Å². The normalized spacial score (nSPS) is 14.6. The van der Waals surface area contributed by atoms with Crippen LogP contribution in [0, 0.1) is 6.92 Å². The van der Waals surface area contributed by atoms with Gasteiger partial charge in [0.15, 0.2) is 0 Å². The van der Waals surface area contributed by atoms with Gasteiger partial charge >= 0.3 is 0 Å². The second-order valence-corrected chi connectivity index (χ2v) is 6.76. The number of pyridine rings is 1. The largest absolute Gasteiger partial charge is 0.367 e. The van der Waals surface area contributed by atoms with Gasteiger partial charge in [-0.05, 0) is 42.7 Å². The zero-order valence-corrected chi connectivity index (χ0v) is 15.2. The van der Waals surface area contributed by atoms with Crippen molar-refractivity contribution in [3.05, 3.63) is 53.3 Å². The van der Waals surface area contributed by atoms with Crippen molar-refractivity contribution in [1.82, 2.24) is 10.3 Å². The molecule has 2 heterocycles. The Bertz CT molecular complexity index is 751. The monoisotopic (exact) mass is 338 g/mol. The van der Waals surface area contributed by atoms with Crippen LogP contribution in [-0.2, 0) is 0 Å². The molecular weight excluding hydrogens is 312 g/mol. The standard InChI is InChI=1S/C20H26N4O/c1-14(2)16-6-7-18(19(13-16)24-11-9-21-10-12-24)23-20(25)17-5-4-8-22-15(17)3/h4-8,13-14,21H,9-12H2,1-3H3,(H,23,25). The Morgan fingerprint density at radius 3 is 2.68 bits per heavy atom.